The first-order chi connectivity index (χ1) is 11.6. The van der Waals surface area contributed by atoms with Crippen molar-refractivity contribution in [3.05, 3.63) is 71.4 Å². The van der Waals surface area contributed by atoms with Gasteiger partial charge in [-0.1, -0.05) is 42.0 Å². The van der Waals surface area contributed by atoms with Crippen LogP contribution in [-0.2, 0) is 11.3 Å². The molecular formula is C19H19N3O2. The number of ether oxygens (including phenoxy) is 1. The minimum absolute atomic E-state index is 0.00596. The predicted octanol–water partition coefficient (Wildman–Crippen LogP) is 3.14. The lowest BCUT2D eigenvalue weighted by Gasteiger charge is -2.09. The van der Waals surface area contributed by atoms with E-state index in [-0.39, 0.29) is 5.57 Å². The molecule has 5 nitrogen and oxygen atoms in total. The van der Waals surface area contributed by atoms with Gasteiger partial charge >= 0.3 is 0 Å². The Morgan fingerprint density at radius 2 is 2.04 bits per heavy atom. The zero-order valence-electron chi connectivity index (χ0n) is 13.7. The summed E-state index contributed by atoms with van der Waals surface area (Å²) in [4.78, 5) is 12.2. The summed E-state index contributed by atoms with van der Waals surface area (Å²) >= 11 is 0. The maximum Gasteiger partial charge on any atom is 0.267 e. The van der Waals surface area contributed by atoms with E-state index in [1.807, 2.05) is 37.3 Å². The molecule has 2 aromatic carbocycles. The van der Waals surface area contributed by atoms with Crippen molar-refractivity contribution in [2.75, 3.05) is 12.4 Å². The Balaban J connectivity index is 2.02. The van der Waals surface area contributed by atoms with Crippen LogP contribution < -0.4 is 15.4 Å². The molecular weight excluding hydrogens is 302 g/mol. The number of amides is 1. The Labute approximate surface area is 141 Å². The van der Waals surface area contributed by atoms with Gasteiger partial charge in [-0.25, -0.2) is 0 Å². The van der Waals surface area contributed by atoms with Crippen molar-refractivity contribution >= 4 is 11.6 Å². The van der Waals surface area contributed by atoms with E-state index in [2.05, 4.69) is 10.6 Å². The number of hydrogen-bond donors (Lipinski definition) is 2. The molecule has 0 aliphatic heterocycles. The molecule has 0 unspecified atom stereocenters. The number of carbonyl (C=O) groups is 1. The molecule has 0 atom stereocenters. The van der Waals surface area contributed by atoms with E-state index < -0.39 is 5.91 Å². The second kappa shape index (κ2) is 8.39. The smallest absolute Gasteiger partial charge is 0.267 e. The van der Waals surface area contributed by atoms with Crippen LogP contribution in [0.5, 0.6) is 5.75 Å². The van der Waals surface area contributed by atoms with Crippen LogP contribution in [0.3, 0.4) is 0 Å². The molecule has 5 heteroatoms. The molecule has 122 valence electrons. The molecule has 2 N–H and O–H groups in total. The van der Waals surface area contributed by atoms with Gasteiger partial charge in [0.25, 0.3) is 5.91 Å². The number of nitriles is 1. The summed E-state index contributed by atoms with van der Waals surface area (Å²) in [6.07, 6.45) is 1.42. The minimum Gasteiger partial charge on any atom is -0.495 e. The third kappa shape index (κ3) is 4.62. The van der Waals surface area contributed by atoms with Crippen LogP contribution in [0.15, 0.2) is 60.3 Å². The van der Waals surface area contributed by atoms with Crippen LogP contribution in [0.4, 0.5) is 5.69 Å². The molecule has 24 heavy (non-hydrogen) atoms. The van der Waals surface area contributed by atoms with E-state index >= 15 is 0 Å². The van der Waals surface area contributed by atoms with Crippen LogP contribution in [0.25, 0.3) is 0 Å². The SMILES string of the molecule is COc1ccccc1NC(=O)/C(C#N)=C\NCc1cccc(C)c1. The predicted molar refractivity (Wildman–Crippen MR) is 93.3 cm³/mol. The molecule has 0 aromatic heterocycles. The number of benzene rings is 2. The quantitative estimate of drug-likeness (QED) is 0.633. The van der Waals surface area contributed by atoms with Crippen LogP contribution in [-0.4, -0.2) is 13.0 Å². The van der Waals surface area contributed by atoms with Gasteiger partial charge in [-0.15, -0.1) is 0 Å². The Morgan fingerprint density at radius 3 is 2.75 bits per heavy atom. The van der Waals surface area contributed by atoms with Crippen molar-refractivity contribution in [1.82, 2.24) is 5.32 Å². The van der Waals surface area contributed by atoms with Crippen LogP contribution in [0.1, 0.15) is 11.1 Å². The highest BCUT2D eigenvalue weighted by Crippen LogP contribution is 2.23. The fraction of sp³-hybridized carbons (Fsp3) is 0.158. The molecule has 2 aromatic rings. The number of aryl methyl sites for hydroxylation is 1. The molecule has 2 rings (SSSR count). The number of methoxy groups -OCH3 is 1. The summed E-state index contributed by atoms with van der Waals surface area (Å²) in [6.45, 7) is 2.55. The Kier molecular flexibility index (Phi) is 5.98. The zero-order chi connectivity index (χ0) is 17.4. The molecule has 0 saturated heterocycles. The maximum absolute atomic E-state index is 12.2. The summed E-state index contributed by atoms with van der Waals surface area (Å²) in [5.74, 6) is 0.0506. The Bertz CT molecular complexity index is 791. The lowest BCUT2D eigenvalue weighted by Crippen LogP contribution is -2.17. The molecule has 0 heterocycles. The fourth-order valence-corrected chi connectivity index (χ4v) is 2.18. The van der Waals surface area contributed by atoms with Gasteiger partial charge in [0.2, 0.25) is 0 Å². The Hall–Kier alpha value is -3.26. The zero-order valence-corrected chi connectivity index (χ0v) is 13.7. The number of para-hydroxylation sites is 2. The normalized spacial score (nSPS) is 10.6. The van der Waals surface area contributed by atoms with Crippen molar-refractivity contribution in [2.24, 2.45) is 0 Å². The Morgan fingerprint density at radius 1 is 1.25 bits per heavy atom. The lowest BCUT2D eigenvalue weighted by molar-refractivity contribution is -0.112. The fourth-order valence-electron chi connectivity index (χ4n) is 2.18. The van der Waals surface area contributed by atoms with Crippen LogP contribution in [0, 0.1) is 18.3 Å². The van der Waals surface area contributed by atoms with Gasteiger partial charge < -0.3 is 15.4 Å². The van der Waals surface area contributed by atoms with Gasteiger partial charge in [0.15, 0.2) is 0 Å². The van der Waals surface area contributed by atoms with Crippen molar-refractivity contribution < 1.29 is 9.53 Å². The van der Waals surface area contributed by atoms with Gasteiger partial charge in [-0.3, -0.25) is 4.79 Å². The standard InChI is InChI=1S/C19H19N3O2/c1-14-6-5-7-15(10-14)12-21-13-16(11-20)19(23)22-17-8-3-4-9-18(17)24-2/h3-10,13,21H,12H2,1-2H3,(H,22,23)/b16-13-. The summed E-state index contributed by atoms with van der Waals surface area (Å²) in [7, 11) is 1.52. The van der Waals surface area contributed by atoms with E-state index in [1.165, 1.54) is 13.3 Å². The monoisotopic (exact) mass is 321 g/mol. The summed E-state index contributed by atoms with van der Waals surface area (Å²) < 4.78 is 5.18. The van der Waals surface area contributed by atoms with E-state index in [1.54, 1.807) is 24.3 Å². The van der Waals surface area contributed by atoms with E-state index in [0.29, 0.717) is 18.0 Å². The first kappa shape index (κ1) is 17.1. The number of rotatable bonds is 6. The molecule has 0 radical (unpaired) electrons. The largest absolute Gasteiger partial charge is 0.495 e. The van der Waals surface area contributed by atoms with Crippen LogP contribution in [0.2, 0.25) is 0 Å². The van der Waals surface area contributed by atoms with Gasteiger partial charge in [-0.05, 0) is 24.6 Å². The third-order valence-electron chi connectivity index (χ3n) is 3.36. The molecule has 0 fully saturated rings. The highest BCUT2D eigenvalue weighted by molar-refractivity contribution is 6.07. The molecule has 0 saturated carbocycles. The summed E-state index contributed by atoms with van der Waals surface area (Å²) in [5.41, 5.74) is 2.75. The molecule has 0 bridgehead atoms. The van der Waals surface area contributed by atoms with Crippen LogP contribution >= 0.6 is 0 Å². The molecule has 0 aliphatic carbocycles. The van der Waals surface area contributed by atoms with Gasteiger partial charge in [-0.2, -0.15) is 5.26 Å². The highest BCUT2D eigenvalue weighted by Gasteiger charge is 2.11. The second-order valence-electron chi connectivity index (χ2n) is 5.19. The number of nitrogens with zero attached hydrogens (tertiary/aromatic N) is 1. The second-order valence-corrected chi connectivity index (χ2v) is 5.19. The van der Waals surface area contributed by atoms with Gasteiger partial charge in [0.1, 0.15) is 17.4 Å². The number of nitrogens with one attached hydrogen (secondary N) is 2. The first-order valence-corrected chi connectivity index (χ1v) is 7.47. The van der Waals surface area contributed by atoms with Gasteiger partial charge in [0.05, 0.1) is 12.8 Å². The molecule has 0 aliphatic rings. The van der Waals surface area contributed by atoms with E-state index in [9.17, 15) is 10.1 Å². The highest BCUT2D eigenvalue weighted by atomic mass is 16.5. The number of hydrogen-bond acceptors (Lipinski definition) is 4. The van der Waals surface area contributed by atoms with Crippen molar-refractivity contribution in [2.45, 2.75) is 13.5 Å². The summed E-state index contributed by atoms with van der Waals surface area (Å²) in [6, 6.07) is 16.9. The van der Waals surface area contributed by atoms with Crippen molar-refractivity contribution in [3.63, 3.8) is 0 Å². The number of anilines is 1. The lowest BCUT2D eigenvalue weighted by atomic mass is 10.1. The minimum atomic E-state index is -0.487. The first-order valence-electron chi connectivity index (χ1n) is 7.47. The van der Waals surface area contributed by atoms with E-state index in [0.717, 1.165) is 11.1 Å². The van der Waals surface area contributed by atoms with Crippen molar-refractivity contribution in [3.8, 4) is 11.8 Å². The average Bonchev–Trinajstić information content (AvgIpc) is 2.59. The van der Waals surface area contributed by atoms with Gasteiger partial charge in [0, 0.05) is 12.7 Å². The topological polar surface area (TPSA) is 74.1 Å². The van der Waals surface area contributed by atoms with Crippen molar-refractivity contribution in [1.29, 1.82) is 5.26 Å². The maximum atomic E-state index is 12.2. The molecule has 0 spiro atoms. The average molecular weight is 321 g/mol. The number of carbonyl (C=O) groups excluding carboxylic acids is 1. The van der Waals surface area contributed by atoms with E-state index in [4.69, 9.17) is 4.74 Å². The molecule has 1 amide bonds. The summed E-state index contributed by atoms with van der Waals surface area (Å²) in [5, 5.41) is 14.9. The third-order valence-corrected chi connectivity index (χ3v) is 3.36.